The van der Waals surface area contributed by atoms with Crippen LogP contribution in [-0.2, 0) is 0 Å². The van der Waals surface area contributed by atoms with E-state index in [0.717, 1.165) is 6.42 Å². The van der Waals surface area contributed by atoms with Crippen molar-refractivity contribution in [3.05, 3.63) is 18.2 Å². The van der Waals surface area contributed by atoms with E-state index in [1.807, 2.05) is 19.9 Å². The first-order valence-corrected chi connectivity index (χ1v) is 5.94. The molecule has 5 heteroatoms. The van der Waals surface area contributed by atoms with Crippen LogP contribution in [0, 0.1) is 0 Å². The molecule has 0 saturated carbocycles. The predicted octanol–water partition coefficient (Wildman–Crippen LogP) is 2.68. The van der Waals surface area contributed by atoms with Crippen LogP contribution in [0.15, 0.2) is 18.2 Å². The van der Waals surface area contributed by atoms with Crippen LogP contribution >= 0.6 is 0 Å². The van der Waals surface area contributed by atoms with Crippen molar-refractivity contribution in [1.29, 1.82) is 0 Å². The third-order valence-electron chi connectivity index (χ3n) is 2.90. The highest BCUT2D eigenvalue weighted by Crippen LogP contribution is 2.41. The molecule has 1 atom stereocenters. The van der Waals surface area contributed by atoms with E-state index in [1.54, 1.807) is 26.2 Å². The smallest absolute Gasteiger partial charge is 0.321 e. The first kappa shape index (κ1) is 12.5. The number of rotatable bonds is 2. The lowest BCUT2D eigenvalue weighted by Crippen LogP contribution is -2.33. The molecule has 2 amide bonds. The fourth-order valence-electron chi connectivity index (χ4n) is 1.62. The van der Waals surface area contributed by atoms with Crippen molar-refractivity contribution in [2.45, 2.75) is 26.1 Å². The first-order valence-electron chi connectivity index (χ1n) is 5.94. The van der Waals surface area contributed by atoms with Crippen LogP contribution in [-0.4, -0.2) is 30.8 Å². The van der Waals surface area contributed by atoms with Crippen molar-refractivity contribution in [3.63, 3.8) is 0 Å². The Morgan fingerprint density at radius 1 is 1.33 bits per heavy atom. The van der Waals surface area contributed by atoms with Gasteiger partial charge in [-0.05, 0) is 12.1 Å². The van der Waals surface area contributed by atoms with E-state index < -0.39 is 5.79 Å². The highest BCUT2D eigenvalue weighted by Gasteiger charge is 2.34. The van der Waals surface area contributed by atoms with E-state index >= 15 is 0 Å². The first-order chi connectivity index (χ1) is 8.43. The number of nitrogens with one attached hydrogen (secondary N) is 1. The van der Waals surface area contributed by atoms with Crippen molar-refractivity contribution < 1.29 is 14.3 Å². The van der Waals surface area contributed by atoms with Crippen LogP contribution in [0.3, 0.4) is 0 Å². The van der Waals surface area contributed by atoms with Crippen molar-refractivity contribution >= 4 is 11.7 Å². The van der Waals surface area contributed by atoms with E-state index in [-0.39, 0.29) is 6.03 Å². The van der Waals surface area contributed by atoms with Gasteiger partial charge in [-0.15, -0.1) is 0 Å². The molecule has 1 aromatic rings. The Balaban J connectivity index is 2.16. The number of anilines is 1. The van der Waals surface area contributed by atoms with Gasteiger partial charge < -0.3 is 19.7 Å². The standard InChI is InChI=1S/C13H18N2O3/c1-5-13(2)17-10-7-6-9(8-11(10)18-13)14-12(16)15(3)4/h6-8H,5H2,1-4H3,(H,14,16). The Morgan fingerprint density at radius 2 is 2.00 bits per heavy atom. The lowest BCUT2D eigenvalue weighted by molar-refractivity contribution is -0.0640. The fraction of sp³-hybridized carbons (Fsp3) is 0.462. The Labute approximate surface area is 107 Å². The monoisotopic (exact) mass is 250 g/mol. The van der Waals surface area contributed by atoms with Gasteiger partial charge in [0.15, 0.2) is 11.5 Å². The van der Waals surface area contributed by atoms with Crippen molar-refractivity contribution in [3.8, 4) is 11.5 Å². The second-order valence-electron chi connectivity index (χ2n) is 4.68. The van der Waals surface area contributed by atoms with E-state index in [0.29, 0.717) is 17.2 Å². The third kappa shape index (κ3) is 2.34. The van der Waals surface area contributed by atoms with Crippen molar-refractivity contribution in [2.75, 3.05) is 19.4 Å². The molecule has 0 saturated heterocycles. The zero-order chi connectivity index (χ0) is 13.3. The average molecular weight is 250 g/mol. The molecule has 18 heavy (non-hydrogen) atoms. The van der Waals surface area contributed by atoms with E-state index in [1.165, 1.54) is 4.90 Å². The number of carbonyl (C=O) groups excluding carboxylic acids is 1. The quantitative estimate of drug-likeness (QED) is 0.878. The minimum atomic E-state index is -0.605. The number of urea groups is 1. The number of fused-ring (bicyclic) bond motifs is 1. The van der Waals surface area contributed by atoms with Gasteiger partial charge in [-0.2, -0.15) is 0 Å². The van der Waals surface area contributed by atoms with E-state index in [4.69, 9.17) is 9.47 Å². The predicted molar refractivity (Wildman–Crippen MR) is 69.1 cm³/mol. The minimum Gasteiger partial charge on any atom is -0.449 e. The van der Waals surface area contributed by atoms with Gasteiger partial charge in [0.05, 0.1) is 0 Å². The highest BCUT2D eigenvalue weighted by atomic mass is 16.7. The summed E-state index contributed by atoms with van der Waals surface area (Å²) in [5.41, 5.74) is 0.691. The van der Waals surface area contributed by atoms with Crippen LogP contribution in [0.4, 0.5) is 10.5 Å². The summed E-state index contributed by atoms with van der Waals surface area (Å²) in [6, 6.07) is 5.21. The molecule has 0 aromatic heterocycles. The average Bonchev–Trinajstić information content (AvgIpc) is 2.65. The van der Waals surface area contributed by atoms with Gasteiger partial charge in [-0.1, -0.05) is 6.92 Å². The van der Waals surface area contributed by atoms with Crippen molar-refractivity contribution in [2.24, 2.45) is 0 Å². The molecular formula is C13H18N2O3. The number of carbonyl (C=O) groups is 1. The van der Waals surface area contributed by atoms with Gasteiger partial charge >= 0.3 is 6.03 Å². The molecule has 1 heterocycles. The van der Waals surface area contributed by atoms with E-state index in [2.05, 4.69) is 5.32 Å². The molecule has 0 aliphatic carbocycles. The number of nitrogens with zero attached hydrogens (tertiary/aromatic N) is 1. The highest BCUT2D eigenvalue weighted by molar-refractivity contribution is 5.89. The number of amides is 2. The normalized spacial score (nSPS) is 20.7. The van der Waals surface area contributed by atoms with Gasteiger partial charge in [-0.3, -0.25) is 0 Å². The molecule has 0 spiro atoms. The minimum absolute atomic E-state index is 0.174. The maximum atomic E-state index is 11.5. The van der Waals surface area contributed by atoms with Crippen molar-refractivity contribution in [1.82, 2.24) is 4.90 Å². The second-order valence-corrected chi connectivity index (χ2v) is 4.68. The Kier molecular flexibility index (Phi) is 3.07. The molecule has 98 valence electrons. The Bertz CT molecular complexity index is 473. The molecule has 1 N–H and O–H groups in total. The molecule has 1 unspecified atom stereocenters. The lowest BCUT2D eigenvalue weighted by Gasteiger charge is -2.20. The fourth-order valence-corrected chi connectivity index (χ4v) is 1.62. The molecular weight excluding hydrogens is 232 g/mol. The van der Waals surface area contributed by atoms with E-state index in [9.17, 15) is 4.79 Å². The van der Waals surface area contributed by atoms with Gasteiger partial charge in [-0.25, -0.2) is 4.79 Å². The summed E-state index contributed by atoms with van der Waals surface area (Å²) in [5, 5.41) is 2.77. The lowest BCUT2D eigenvalue weighted by atomic mass is 10.2. The molecule has 1 aliphatic heterocycles. The van der Waals surface area contributed by atoms with Gasteiger partial charge in [0, 0.05) is 39.2 Å². The summed E-state index contributed by atoms with van der Waals surface area (Å²) in [4.78, 5) is 13.0. The summed E-state index contributed by atoms with van der Waals surface area (Å²) < 4.78 is 11.4. The number of ether oxygens (including phenoxy) is 2. The van der Waals surface area contributed by atoms with Crippen LogP contribution < -0.4 is 14.8 Å². The maximum Gasteiger partial charge on any atom is 0.321 e. The molecule has 2 rings (SSSR count). The molecule has 5 nitrogen and oxygen atoms in total. The van der Waals surface area contributed by atoms with Crippen LogP contribution in [0.25, 0.3) is 0 Å². The molecule has 1 aliphatic rings. The zero-order valence-corrected chi connectivity index (χ0v) is 11.1. The summed E-state index contributed by atoms with van der Waals surface area (Å²) in [7, 11) is 3.38. The SMILES string of the molecule is CCC1(C)Oc2ccc(NC(=O)N(C)C)cc2O1. The number of hydrogen-bond donors (Lipinski definition) is 1. The van der Waals surface area contributed by atoms with Gasteiger partial charge in [0.25, 0.3) is 0 Å². The van der Waals surface area contributed by atoms with Gasteiger partial charge in [0.1, 0.15) is 0 Å². The summed E-state index contributed by atoms with van der Waals surface area (Å²) in [6.07, 6.45) is 0.751. The zero-order valence-electron chi connectivity index (χ0n) is 11.1. The molecule has 0 radical (unpaired) electrons. The summed E-state index contributed by atoms with van der Waals surface area (Å²) >= 11 is 0. The molecule has 0 fully saturated rings. The number of benzene rings is 1. The Morgan fingerprint density at radius 3 is 2.61 bits per heavy atom. The Hall–Kier alpha value is -1.91. The maximum absolute atomic E-state index is 11.5. The van der Waals surface area contributed by atoms with Crippen LogP contribution in [0.1, 0.15) is 20.3 Å². The second kappa shape index (κ2) is 4.40. The van der Waals surface area contributed by atoms with Crippen LogP contribution in [0.2, 0.25) is 0 Å². The summed E-state index contributed by atoms with van der Waals surface area (Å²) in [5.74, 6) is 0.769. The topological polar surface area (TPSA) is 50.8 Å². The molecule has 1 aromatic carbocycles. The summed E-state index contributed by atoms with van der Waals surface area (Å²) in [6.45, 7) is 3.89. The number of hydrogen-bond acceptors (Lipinski definition) is 3. The third-order valence-corrected chi connectivity index (χ3v) is 2.90. The molecule has 0 bridgehead atoms. The van der Waals surface area contributed by atoms with Gasteiger partial charge in [0.2, 0.25) is 5.79 Å². The van der Waals surface area contributed by atoms with Crippen LogP contribution in [0.5, 0.6) is 11.5 Å². The largest absolute Gasteiger partial charge is 0.449 e.